The summed E-state index contributed by atoms with van der Waals surface area (Å²) in [4.78, 5) is 2.69. The van der Waals surface area contributed by atoms with Crippen LogP contribution in [0.2, 0.25) is 0 Å². The van der Waals surface area contributed by atoms with Gasteiger partial charge in [-0.25, -0.2) is 24.3 Å². The summed E-state index contributed by atoms with van der Waals surface area (Å²) in [5.74, 6) is 0. The summed E-state index contributed by atoms with van der Waals surface area (Å²) in [7, 11) is 0. The minimum atomic E-state index is -0.188. The molecule has 154 valence electrons. The minimum Gasteiger partial charge on any atom is -0.296 e. The van der Waals surface area contributed by atoms with Crippen LogP contribution in [0.4, 0.5) is 0 Å². The normalized spacial score (nSPS) is 14.3. The van der Waals surface area contributed by atoms with E-state index in [1.165, 1.54) is 36.0 Å². The molecule has 5 rings (SSSR count). The molecule has 30 heavy (non-hydrogen) atoms. The number of hydrogen-bond donors (Lipinski definition) is 0. The first-order valence-corrected chi connectivity index (χ1v) is 10.7. The predicted octanol–water partition coefficient (Wildman–Crippen LogP) is 6.59. The number of hydrogen-bond acceptors (Lipinski definition) is 1. The molecule has 0 radical (unpaired) electrons. The van der Waals surface area contributed by atoms with Crippen LogP contribution in [0.5, 0.6) is 0 Å². The van der Waals surface area contributed by atoms with Gasteiger partial charge in [-0.2, -0.15) is 30.3 Å². The molecule has 0 N–H and O–H groups in total. The smallest absolute Gasteiger partial charge is 0.296 e. The van der Waals surface area contributed by atoms with Crippen LogP contribution >= 0.6 is 0 Å². The van der Waals surface area contributed by atoms with Crippen LogP contribution < -0.4 is 0 Å². The zero-order valence-corrected chi connectivity index (χ0v) is 18.4. The molecular formula is C28H29FeN. The number of likely N-dealkylation sites (tertiary alicyclic amines) is 1. The van der Waals surface area contributed by atoms with Gasteiger partial charge in [0.2, 0.25) is 0 Å². The van der Waals surface area contributed by atoms with Gasteiger partial charge in [0.1, 0.15) is 0 Å². The summed E-state index contributed by atoms with van der Waals surface area (Å²) in [6, 6.07) is 40.9. The van der Waals surface area contributed by atoms with Crippen molar-refractivity contribution in [3.63, 3.8) is 0 Å². The molecule has 1 saturated heterocycles. The van der Waals surface area contributed by atoms with Crippen molar-refractivity contribution in [1.29, 1.82) is 0 Å². The Morgan fingerprint density at radius 1 is 0.633 bits per heavy atom. The van der Waals surface area contributed by atoms with E-state index in [0.717, 1.165) is 13.1 Å². The molecule has 1 nitrogen and oxygen atoms in total. The Morgan fingerprint density at radius 2 is 1.13 bits per heavy atom. The van der Waals surface area contributed by atoms with Crippen LogP contribution in [-0.2, 0) is 22.6 Å². The van der Waals surface area contributed by atoms with E-state index < -0.39 is 0 Å². The number of benzene rings is 2. The van der Waals surface area contributed by atoms with E-state index in [9.17, 15) is 0 Å². The van der Waals surface area contributed by atoms with Crippen molar-refractivity contribution >= 4 is 0 Å². The number of piperidine rings is 1. The molecular weight excluding hydrogens is 406 g/mol. The topological polar surface area (TPSA) is 3.24 Å². The fourth-order valence-corrected chi connectivity index (χ4v) is 4.57. The molecule has 1 aliphatic rings. The molecule has 4 aromatic rings. The van der Waals surface area contributed by atoms with Crippen LogP contribution in [0.25, 0.3) is 0 Å². The summed E-state index contributed by atoms with van der Waals surface area (Å²) in [6.07, 6.45) is 3.90. The second-order valence-electron chi connectivity index (χ2n) is 7.63. The predicted molar refractivity (Wildman–Crippen MR) is 122 cm³/mol. The van der Waals surface area contributed by atoms with Crippen LogP contribution in [0.1, 0.15) is 36.0 Å². The molecule has 0 aliphatic carbocycles. The number of rotatable bonds is 4. The SMILES string of the molecule is [Fe+2].c1cc[cH-]c1.c1ccc(C(c2ccccc2)([c-]2cccc2)N2CCCCC2)cc1. The first-order chi connectivity index (χ1) is 14.4. The van der Waals surface area contributed by atoms with Gasteiger partial charge in [-0.15, -0.1) is 5.56 Å². The summed E-state index contributed by atoms with van der Waals surface area (Å²) in [5.41, 5.74) is 3.92. The quantitative estimate of drug-likeness (QED) is 0.258. The van der Waals surface area contributed by atoms with E-state index >= 15 is 0 Å². The largest absolute Gasteiger partial charge is 2.00 e. The zero-order chi connectivity index (χ0) is 19.8. The maximum absolute atomic E-state index is 2.69. The number of nitrogens with zero attached hydrogens (tertiary/aromatic N) is 1. The van der Waals surface area contributed by atoms with Crippen molar-refractivity contribution in [3.05, 3.63) is 132 Å². The van der Waals surface area contributed by atoms with Gasteiger partial charge in [0.15, 0.2) is 0 Å². The van der Waals surface area contributed by atoms with E-state index in [1.807, 2.05) is 30.3 Å². The third-order valence-corrected chi connectivity index (χ3v) is 5.85. The Balaban J connectivity index is 0.000000376. The third kappa shape index (κ3) is 4.68. The average molecular weight is 435 g/mol. The van der Waals surface area contributed by atoms with Crippen LogP contribution in [0, 0.1) is 0 Å². The zero-order valence-electron chi connectivity index (χ0n) is 17.3. The maximum atomic E-state index is 2.69. The Labute approximate surface area is 191 Å². The van der Waals surface area contributed by atoms with Gasteiger partial charge in [0.05, 0.1) is 5.54 Å². The van der Waals surface area contributed by atoms with Crippen LogP contribution in [0.15, 0.2) is 115 Å². The van der Waals surface area contributed by atoms with E-state index in [-0.39, 0.29) is 22.6 Å². The summed E-state index contributed by atoms with van der Waals surface area (Å²) in [5, 5.41) is 0. The van der Waals surface area contributed by atoms with Crippen molar-refractivity contribution < 1.29 is 17.1 Å². The monoisotopic (exact) mass is 435 g/mol. The molecule has 0 spiro atoms. The van der Waals surface area contributed by atoms with E-state index in [4.69, 9.17) is 0 Å². The molecule has 2 heteroatoms. The Morgan fingerprint density at radius 3 is 1.57 bits per heavy atom. The van der Waals surface area contributed by atoms with Crippen LogP contribution in [0.3, 0.4) is 0 Å². The van der Waals surface area contributed by atoms with E-state index in [0.29, 0.717) is 0 Å². The summed E-state index contributed by atoms with van der Waals surface area (Å²) >= 11 is 0. The molecule has 0 saturated carbocycles. The second-order valence-corrected chi connectivity index (χ2v) is 7.63. The average Bonchev–Trinajstić information content (AvgIpc) is 3.54. The van der Waals surface area contributed by atoms with Crippen LogP contribution in [-0.4, -0.2) is 18.0 Å². The van der Waals surface area contributed by atoms with E-state index in [2.05, 4.69) is 89.8 Å². The summed E-state index contributed by atoms with van der Waals surface area (Å²) < 4.78 is 0. The van der Waals surface area contributed by atoms with Crippen molar-refractivity contribution in [3.8, 4) is 0 Å². The van der Waals surface area contributed by atoms with Gasteiger partial charge in [0.25, 0.3) is 0 Å². The van der Waals surface area contributed by atoms with Gasteiger partial charge in [-0.05, 0) is 37.1 Å². The van der Waals surface area contributed by atoms with Crippen molar-refractivity contribution in [1.82, 2.24) is 4.90 Å². The standard InChI is InChI=1S/C23H24N.C5H5.Fe/c1-4-12-20(13-5-1)23(22-16-8-9-17-22,21-14-6-2-7-15-21)24-18-10-3-11-19-24;1-2-4-5-3-1;/h1-2,4-9,12-17H,3,10-11,18-19H2;1-5H;/q2*-1;+2. The fourth-order valence-electron chi connectivity index (χ4n) is 4.57. The minimum absolute atomic E-state index is 0. The molecule has 0 atom stereocenters. The summed E-state index contributed by atoms with van der Waals surface area (Å²) in [6.45, 7) is 2.30. The molecule has 4 aromatic carbocycles. The maximum Gasteiger partial charge on any atom is 2.00 e. The van der Waals surface area contributed by atoms with E-state index in [1.54, 1.807) is 0 Å². The van der Waals surface area contributed by atoms with Gasteiger partial charge < -0.3 is 0 Å². The molecule has 0 bridgehead atoms. The van der Waals surface area contributed by atoms with Crippen molar-refractivity contribution in [2.45, 2.75) is 24.8 Å². The molecule has 0 aromatic heterocycles. The van der Waals surface area contributed by atoms with Gasteiger partial charge in [0, 0.05) is 0 Å². The first kappa shape index (κ1) is 22.3. The third-order valence-electron chi connectivity index (χ3n) is 5.85. The van der Waals surface area contributed by atoms with Gasteiger partial charge >= 0.3 is 17.1 Å². The van der Waals surface area contributed by atoms with Gasteiger partial charge in [-0.3, -0.25) is 4.90 Å². The van der Waals surface area contributed by atoms with Gasteiger partial charge in [-0.1, -0.05) is 67.1 Å². The van der Waals surface area contributed by atoms with Crippen molar-refractivity contribution in [2.24, 2.45) is 0 Å². The molecule has 1 aliphatic heterocycles. The first-order valence-electron chi connectivity index (χ1n) is 10.7. The fraction of sp³-hybridized carbons (Fsp3) is 0.214. The van der Waals surface area contributed by atoms with Crippen molar-refractivity contribution in [2.75, 3.05) is 13.1 Å². The second kappa shape index (κ2) is 11.1. The Kier molecular flexibility index (Phi) is 8.28. The molecule has 1 fully saturated rings. The molecule has 1 heterocycles. The Hall–Kier alpha value is -2.38. The molecule has 0 unspecified atom stereocenters. The Bertz CT molecular complexity index is 864. The molecule has 0 amide bonds.